The van der Waals surface area contributed by atoms with Crippen molar-refractivity contribution in [3.8, 4) is 0 Å². The highest BCUT2D eigenvalue weighted by atomic mass is 16.5. The third-order valence-corrected chi connectivity index (χ3v) is 5.13. The SMILES string of the molecule is C=CC(=O)N1CCC(C(=O)N2CCC(Cc3ncon3)CC2)CC1. The van der Waals surface area contributed by atoms with E-state index in [1.54, 1.807) is 4.90 Å². The van der Waals surface area contributed by atoms with Gasteiger partial charge in [0.25, 0.3) is 0 Å². The molecule has 1 aromatic rings. The van der Waals surface area contributed by atoms with Gasteiger partial charge in [0.15, 0.2) is 5.82 Å². The summed E-state index contributed by atoms with van der Waals surface area (Å²) in [4.78, 5) is 32.1. The molecule has 0 unspecified atom stereocenters. The van der Waals surface area contributed by atoms with Gasteiger partial charge < -0.3 is 14.3 Å². The topological polar surface area (TPSA) is 79.5 Å². The minimum absolute atomic E-state index is 0.0387. The normalized spacial score (nSPS) is 20.2. The molecule has 0 N–H and O–H groups in total. The van der Waals surface area contributed by atoms with Gasteiger partial charge in [-0.2, -0.15) is 4.98 Å². The van der Waals surface area contributed by atoms with Gasteiger partial charge in [0.2, 0.25) is 18.2 Å². The Kier molecular flexibility index (Phi) is 5.27. The van der Waals surface area contributed by atoms with Crippen LogP contribution in [0.4, 0.5) is 0 Å². The summed E-state index contributed by atoms with van der Waals surface area (Å²) in [7, 11) is 0. The van der Waals surface area contributed by atoms with E-state index in [4.69, 9.17) is 4.52 Å². The molecule has 24 heavy (non-hydrogen) atoms. The highest BCUT2D eigenvalue weighted by molar-refractivity contribution is 5.87. The van der Waals surface area contributed by atoms with Gasteiger partial charge in [0.1, 0.15) is 0 Å². The van der Waals surface area contributed by atoms with Crippen LogP contribution in [0.3, 0.4) is 0 Å². The molecule has 0 aromatic carbocycles. The van der Waals surface area contributed by atoms with Crippen LogP contribution in [0.1, 0.15) is 31.5 Å². The molecule has 2 fully saturated rings. The van der Waals surface area contributed by atoms with Crippen molar-refractivity contribution in [3.05, 3.63) is 24.9 Å². The minimum atomic E-state index is -0.0387. The average Bonchev–Trinajstić information content (AvgIpc) is 3.14. The van der Waals surface area contributed by atoms with Gasteiger partial charge in [-0.25, -0.2) is 0 Å². The van der Waals surface area contributed by atoms with Crippen LogP contribution in [0.15, 0.2) is 23.6 Å². The Bertz CT molecular complexity index is 571. The van der Waals surface area contributed by atoms with E-state index in [9.17, 15) is 9.59 Å². The summed E-state index contributed by atoms with van der Waals surface area (Å²) in [6.07, 6.45) is 6.99. The van der Waals surface area contributed by atoms with Crippen molar-refractivity contribution in [2.45, 2.75) is 32.1 Å². The first-order chi connectivity index (χ1) is 11.7. The van der Waals surface area contributed by atoms with Crippen molar-refractivity contribution in [2.24, 2.45) is 11.8 Å². The van der Waals surface area contributed by atoms with Crippen molar-refractivity contribution in [1.29, 1.82) is 0 Å². The number of carbonyl (C=O) groups excluding carboxylic acids is 2. The van der Waals surface area contributed by atoms with Crippen molar-refractivity contribution in [3.63, 3.8) is 0 Å². The second-order valence-corrected chi connectivity index (χ2v) is 6.62. The van der Waals surface area contributed by atoms with E-state index < -0.39 is 0 Å². The van der Waals surface area contributed by atoms with Gasteiger partial charge in [-0.05, 0) is 37.7 Å². The molecule has 0 atom stereocenters. The van der Waals surface area contributed by atoms with Crippen LogP contribution >= 0.6 is 0 Å². The van der Waals surface area contributed by atoms with Crippen LogP contribution in [-0.4, -0.2) is 57.9 Å². The number of likely N-dealkylation sites (tertiary alicyclic amines) is 2. The fourth-order valence-corrected chi connectivity index (χ4v) is 3.63. The molecule has 0 spiro atoms. The predicted octanol–water partition coefficient (Wildman–Crippen LogP) is 1.28. The summed E-state index contributed by atoms with van der Waals surface area (Å²) in [5.74, 6) is 1.52. The van der Waals surface area contributed by atoms with Gasteiger partial charge in [0, 0.05) is 38.5 Å². The fourth-order valence-electron chi connectivity index (χ4n) is 3.63. The van der Waals surface area contributed by atoms with Crippen molar-refractivity contribution < 1.29 is 14.1 Å². The molecule has 2 aliphatic rings. The van der Waals surface area contributed by atoms with Crippen LogP contribution in [0, 0.1) is 11.8 Å². The fraction of sp³-hybridized carbons (Fsp3) is 0.647. The summed E-state index contributed by atoms with van der Waals surface area (Å²) in [5.41, 5.74) is 0. The first kappa shape index (κ1) is 16.7. The van der Waals surface area contributed by atoms with Gasteiger partial charge in [-0.3, -0.25) is 9.59 Å². The second kappa shape index (κ2) is 7.59. The number of hydrogen-bond acceptors (Lipinski definition) is 5. The maximum atomic E-state index is 12.7. The Labute approximate surface area is 141 Å². The summed E-state index contributed by atoms with van der Waals surface area (Å²) in [6, 6.07) is 0. The van der Waals surface area contributed by atoms with Crippen LogP contribution in [0.5, 0.6) is 0 Å². The Hall–Kier alpha value is -2.18. The molecule has 3 rings (SSSR count). The van der Waals surface area contributed by atoms with Crippen molar-refractivity contribution in [2.75, 3.05) is 26.2 Å². The molecule has 0 radical (unpaired) electrons. The maximum Gasteiger partial charge on any atom is 0.245 e. The second-order valence-electron chi connectivity index (χ2n) is 6.62. The molecule has 7 heteroatoms. The largest absolute Gasteiger partial charge is 0.343 e. The molecule has 0 bridgehead atoms. The number of nitrogens with zero attached hydrogens (tertiary/aromatic N) is 4. The van der Waals surface area contributed by atoms with E-state index in [0.29, 0.717) is 19.0 Å². The van der Waals surface area contributed by atoms with E-state index in [0.717, 1.165) is 51.0 Å². The third-order valence-electron chi connectivity index (χ3n) is 5.13. The molecule has 2 aliphatic heterocycles. The Morgan fingerprint density at radius 1 is 1.17 bits per heavy atom. The number of hydrogen-bond donors (Lipinski definition) is 0. The predicted molar refractivity (Wildman–Crippen MR) is 86.8 cm³/mol. The van der Waals surface area contributed by atoms with Crippen LogP contribution in [0.25, 0.3) is 0 Å². The molecule has 0 saturated carbocycles. The molecular weight excluding hydrogens is 308 g/mol. The van der Waals surface area contributed by atoms with E-state index >= 15 is 0 Å². The monoisotopic (exact) mass is 332 g/mol. The number of amides is 2. The highest BCUT2D eigenvalue weighted by Gasteiger charge is 2.31. The molecule has 0 aliphatic carbocycles. The summed E-state index contributed by atoms with van der Waals surface area (Å²) < 4.78 is 4.77. The number of rotatable bonds is 4. The standard InChI is InChI=1S/C17H24N4O3/c1-2-16(22)20-9-5-14(6-10-20)17(23)21-7-3-13(4-8-21)11-15-18-12-24-19-15/h2,12-14H,1,3-11H2. The number of aromatic nitrogens is 2. The highest BCUT2D eigenvalue weighted by Crippen LogP contribution is 2.25. The first-order valence-electron chi connectivity index (χ1n) is 8.62. The zero-order valence-corrected chi connectivity index (χ0v) is 13.9. The summed E-state index contributed by atoms with van der Waals surface area (Å²) >= 11 is 0. The number of carbonyl (C=O) groups is 2. The lowest BCUT2D eigenvalue weighted by Gasteiger charge is -2.37. The van der Waals surface area contributed by atoms with Gasteiger partial charge in [0.05, 0.1) is 0 Å². The van der Waals surface area contributed by atoms with Crippen molar-refractivity contribution >= 4 is 11.8 Å². The van der Waals surface area contributed by atoms with Crippen LogP contribution < -0.4 is 0 Å². The maximum absolute atomic E-state index is 12.7. The zero-order chi connectivity index (χ0) is 16.9. The molecule has 2 amide bonds. The Morgan fingerprint density at radius 2 is 1.83 bits per heavy atom. The lowest BCUT2D eigenvalue weighted by Crippen LogP contribution is -2.46. The smallest absolute Gasteiger partial charge is 0.245 e. The molecule has 130 valence electrons. The third kappa shape index (κ3) is 3.83. The van der Waals surface area contributed by atoms with E-state index in [2.05, 4.69) is 16.7 Å². The average molecular weight is 332 g/mol. The molecule has 7 nitrogen and oxygen atoms in total. The van der Waals surface area contributed by atoms with Gasteiger partial charge in [-0.15, -0.1) is 0 Å². The first-order valence-corrected chi connectivity index (χ1v) is 8.62. The van der Waals surface area contributed by atoms with Crippen molar-refractivity contribution in [1.82, 2.24) is 19.9 Å². The summed E-state index contributed by atoms with van der Waals surface area (Å²) in [5, 5.41) is 3.86. The van der Waals surface area contributed by atoms with Crippen LogP contribution in [0.2, 0.25) is 0 Å². The van der Waals surface area contributed by atoms with E-state index in [-0.39, 0.29) is 17.7 Å². The molecule has 2 saturated heterocycles. The Balaban J connectivity index is 1.44. The van der Waals surface area contributed by atoms with Gasteiger partial charge >= 0.3 is 0 Å². The lowest BCUT2D eigenvalue weighted by atomic mass is 9.90. The zero-order valence-electron chi connectivity index (χ0n) is 13.9. The quantitative estimate of drug-likeness (QED) is 0.776. The molecular formula is C17H24N4O3. The molecule has 1 aromatic heterocycles. The Morgan fingerprint density at radius 3 is 2.42 bits per heavy atom. The van der Waals surface area contributed by atoms with Gasteiger partial charge in [-0.1, -0.05) is 11.7 Å². The molecule has 3 heterocycles. The number of piperidine rings is 2. The minimum Gasteiger partial charge on any atom is -0.343 e. The van der Waals surface area contributed by atoms with E-state index in [1.807, 2.05) is 4.90 Å². The van der Waals surface area contributed by atoms with Crippen LogP contribution in [-0.2, 0) is 16.0 Å². The van der Waals surface area contributed by atoms with E-state index in [1.165, 1.54) is 12.5 Å². The lowest BCUT2D eigenvalue weighted by molar-refractivity contribution is -0.140. The summed E-state index contributed by atoms with van der Waals surface area (Å²) in [6.45, 7) is 6.41.